The number of hydrogen-bond donors (Lipinski definition) is 1. The van der Waals surface area contributed by atoms with Crippen molar-refractivity contribution in [2.24, 2.45) is 5.92 Å². The molecule has 1 saturated heterocycles. The number of piperidine rings is 1. The zero-order valence-corrected chi connectivity index (χ0v) is 23.5. The van der Waals surface area contributed by atoms with Gasteiger partial charge in [0.2, 0.25) is 0 Å². The summed E-state index contributed by atoms with van der Waals surface area (Å²) in [5, 5.41) is 5.60. The number of fused-ring (bicyclic) bond motifs is 2. The van der Waals surface area contributed by atoms with E-state index in [9.17, 15) is 22.8 Å². The third kappa shape index (κ3) is 6.75. The van der Waals surface area contributed by atoms with Crippen LogP contribution in [0.15, 0.2) is 41.2 Å². The summed E-state index contributed by atoms with van der Waals surface area (Å²) in [5.41, 5.74) is 0.387. The number of hydrogen-bond acceptors (Lipinski definition) is 6. The van der Waals surface area contributed by atoms with E-state index in [0.29, 0.717) is 47.4 Å². The number of carbonyl (C=O) groups is 1. The second kappa shape index (κ2) is 10.9. The molecule has 2 aromatic heterocycles. The minimum Gasteiger partial charge on any atom is -0.444 e. The Morgan fingerprint density at radius 2 is 1.90 bits per heavy atom. The molecule has 1 fully saturated rings. The molecule has 0 saturated carbocycles. The van der Waals surface area contributed by atoms with E-state index in [4.69, 9.17) is 16.3 Å². The van der Waals surface area contributed by atoms with E-state index in [1.165, 1.54) is 10.7 Å². The Morgan fingerprint density at radius 3 is 2.61 bits per heavy atom. The Balaban J connectivity index is 1.43. The van der Waals surface area contributed by atoms with Gasteiger partial charge in [0.15, 0.2) is 0 Å². The Kier molecular flexibility index (Phi) is 7.62. The molecule has 0 spiro atoms. The third-order valence-corrected chi connectivity index (χ3v) is 6.99. The number of amides is 1. The van der Waals surface area contributed by atoms with Gasteiger partial charge in [-0.05, 0) is 51.7 Å². The summed E-state index contributed by atoms with van der Waals surface area (Å²) in [6.45, 7) is 6.79. The van der Waals surface area contributed by atoms with Crippen LogP contribution in [-0.4, -0.2) is 55.8 Å². The summed E-state index contributed by atoms with van der Waals surface area (Å²) >= 11 is 5.99. The molecule has 1 N–H and O–H groups in total. The minimum atomic E-state index is -4.89. The fraction of sp³-hybridized carbons (Fsp3) is 0.429. The van der Waals surface area contributed by atoms with Crippen LogP contribution in [0.25, 0.3) is 21.8 Å². The Morgan fingerprint density at radius 1 is 1.17 bits per heavy atom. The first-order chi connectivity index (χ1) is 19.3. The number of nitrogens with one attached hydrogen (secondary N) is 1. The Hall–Kier alpha value is -3.80. The molecule has 5 rings (SSSR count). The molecule has 218 valence electrons. The molecular formula is C28H29ClF3N5O4. The highest BCUT2D eigenvalue weighted by Gasteiger charge is 2.32. The third-order valence-electron chi connectivity index (χ3n) is 6.69. The number of H-pyrrole nitrogens is 1. The van der Waals surface area contributed by atoms with Gasteiger partial charge in [0.05, 0.1) is 33.6 Å². The van der Waals surface area contributed by atoms with Crippen LogP contribution < -0.4 is 10.3 Å². The van der Waals surface area contributed by atoms with Gasteiger partial charge in [0.1, 0.15) is 17.2 Å². The van der Waals surface area contributed by atoms with Gasteiger partial charge in [0.25, 0.3) is 5.56 Å². The van der Waals surface area contributed by atoms with Gasteiger partial charge in [-0.15, -0.1) is 13.2 Å². The van der Waals surface area contributed by atoms with E-state index < -0.39 is 17.7 Å². The van der Waals surface area contributed by atoms with E-state index in [1.54, 1.807) is 29.2 Å². The lowest BCUT2D eigenvalue weighted by molar-refractivity contribution is -0.274. The van der Waals surface area contributed by atoms with Crippen molar-refractivity contribution in [3.63, 3.8) is 0 Å². The first kappa shape index (κ1) is 28.7. The molecule has 41 heavy (non-hydrogen) atoms. The van der Waals surface area contributed by atoms with Gasteiger partial charge in [-0.25, -0.2) is 14.5 Å². The van der Waals surface area contributed by atoms with Gasteiger partial charge < -0.3 is 19.4 Å². The normalized spacial score (nSPS) is 16.4. The van der Waals surface area contributed by atoms with Crippen LogP contribution in [0.3, 0.4) is 0 Å². The van der Waals surface area contributed by atoms with Crippen LogP contribution >= 0.6 is 11.6 Å². The summed E-state index contributed by atoms with van der Waals surface area (Å²) in [7, 11) is 0. The van der Waals surface area contributed by atoms with E-state index >= 15 is 0 Å². The summed E-state index contributed by atoms with van der Waals surface area (Å²) < 4.78 is 49.2. The lowest BCUT2D eigenvalue weighted by Gasteiger charge is -2.34. The number of aromatic amines is 1. The zero-order chi connectivity index (χ0) is 29.5. The zero-order valence-electron chi connectivity index (χ0n) is 22.7. The van der Waals surface area contributed by atoms with Gasteiger partial charge in [-0.1, -0.05) is 29.8 Å². The number of nitrogens with zero attached hydrogens (tertiary/aromatic N) is 4. The average Bonchev–Trinajstić information content (AvgIpc) is 3.26. The molecule has 9 nitrogen and oxygen atoms in total. The van der Waals surface area contributed by atoms with Crippen molar-refractivity contribution in [2.75, 3.05) is 13.1 Å². The van der Waals surface area contributed by atoms with E-state index in [0.717, 1.165) is 18.9 Å². The quantitative estimate of drug-likeness (QED) is 0.303. The van der Waals surface area contributed by atoms with Crippen LogP contribution in [-0.2, 0) is 17.7 Å². The molecule has 1 unspecified atom stereocenters. The predicted molar refractivity (Wildman–Crippen MR) is 147 cm³/mol. The molecule has 0 aliphatic carbocycles. The Labute approximate surface area is 238 Å². The number of likely N-dealkylation sites (tertiary alicyclic amines) is 1. The highest BCUT2D eigenvalue weighted by atomic mass is 35.5. The summed E-state index contributed by atoms with van der Waals surface area (Å²) in [6.07, 6.45) is -3.49. The van der Waals surface area contributed by atoms with Crippen molar-refractivity contribution in [3.05, 3.63) is 63.3 Å². The molecule has 1 aliphatic rings. The molecule has 1 aliphatic heterocycles. The van der Waals surface area contributed by atoms with Crippen LogP contribution in [0.2, 0.25) is 5.02 Å². The van der Waals surface area contributed by atoms with Crippen LogP contribution in [0.4, 0.5) is 18.0 Å². The van der Waals surface area contributed by atoms with Crippen molar-refractivity contribution in [2.45, 2.75) is 58.5 Å². The molecule has 4 aromatic rings. The first-order valence-electron chi connectivity index (χ1n) is 13.2. The van der Waals surface area contributed by atoms with Crippen molar-refractivity contribution >= 4 is 39.5 Å². The lowest BCUT2D eigenvalue weighted by atomic mass is 9.98. The average molecular weight is 592 g/mol. The highest BCUT2D eigenvalue weighted by Crippen LogP contribution is 2.33. The van der Waals surface area contributed by atoms with E-state index in [-0.39, 0.29) is 34.5 Å². The molecule has 0 radical (unpaired) electrons. The number of alkyl halides is 3. The predicted octanol–water partition coefficient (Wildman–Crippen LogP) is 6.06. The number of halogens is 4. The summed E-state index contributed by atoms with van der Waals surface area (Å²) in [6, 6.07) is 9.54. The Bertz CT molecular complexity index is 1660. The number of carbonyl (C=O) groups excluding carboxylic acids is 1. The molecule has 1 amide bonds. The smallest absolute Gasteiger partial charge is 0.444 e. The number of ether oxygens (including phenoxy) is 2. The number of benzene rings is 2. The maximum atomic E-state index is 13.4. The molecule has 1 atom stereocenters. The largest absolute Gasteiger partial charge is 0.573 e. The molecular weight excluding hydrogens is 563 g/mol. The number of imidazole rings is 1. The van der Waals surface area contributed by atoms with Crippen LogP contribution in [0.1, 0.15) is 45.1 Å². The van der Waals surface area contributed by atoms with Gasteiger partial charge in [-0.3, -0.25) is 4.79 Å². The van der Waals surface area contributed by atoms with Crippen LogP contribution in [0, 0.1) is 5.92 Å². The maximum Gasteiger partial charge on any atom is 0.573 e. The summed E-state index contributed by atoms with van der Waals surface area (Å²) in [4.78, 5) is 35.2. The second-order valence-corrected chi connectivity index (χ2v) is 11.5. The molecule has 13 heteroatoms. The van der Waals surface area contributed by atoms with Crippen molar-refractivity contribution in [1.82, 2.24) is 24.6 Å². The topological polar surface area (TPSA) is 102 Å². The van der Waals surface area contributed by atoms with Gasteiger partial charge in [0, 0.05) is 31.1 Å². The minimum absolute atomic E-state index is 0.00382. The molecule has 2 aromatic carbocycles. The molecule has 0 bridgehead atoms. The fourth-order valence-electron chi connectivity index (χ4n) is 5.02. The lowest BCUT2D eigenvalue weighted by Crippen LogP contribution is -2.44. The standard InChI is InChI=1S/C28H29ClF3N5O4/c1-27(2,3)41-26(39)36-10-6-7-16(14-36)15-37-25(38)18-9-5-4-8-17(18)20(35-37)13-24-33-21-11-19(29)23(12-22(21)34-24)40-28(30,31)32/h4-5,8-9,11-12,16H,6-7,10,13-15H2,1-3H3,(H,33,34). The monoisotopic (exact) mass is 591 g/mol. The van der Waals surface area contributed by atoms with Crippen molar-refractivity contribution in [3.8, 4) is 5.75 Å². The van der Waals surface area contributed by atoms with E-state index in [1.807, 2.05) is 20.8 Å². The fourth-order valence-corrected chi connectivity index (χ4v) is 5.22. The molecule has 3 heterocycles. The SMILES string of the molecule is CC(C)(C)OC(=O)N1CCCC(Cn2nc(Cc3nc4cc(OC(F)(F)F)c(Cl)cc4[nH]3)c3ccccc3c2=O)C1. The van der Waals surface area contributed by atoms with Crippen molar-refractivity contribution in [1.29, 1.82) is 0 Å². The number of rotatable bonds is 5. The van der Waals surface area contributed by atoms with Crippen molar-refractivity contribution < 1.29 is 27.4 Å². The summed E-state index contributed by atoms with van der Waals surface area (Å²) in [5.74, 6) is -0.123. The van der Waals surface area contributed by atoms with E-state index in [2.05, 4.69) is 19.8 Å². The number of aromatic nitrogens is 4. The maximum absolute atomic E-state index is 13.4. The second-order valence-electron chi connectivity index (χ2n) is 11.1. The van der Waals surface area contributed by atoms with Crippen LogP contribution in [0.5, 0.6) is 5.75 Å². The van der Waals surface area contributed by atoms with Gasteiger partial charge >= 0.3 is 12.5 Å². The first-order valence-corrected chi connectivity index (χ1v) is 13.5. The highest BCUT2D eigenvalue weighted by molar-refractivity contribution is 6.32. The van der Waals surface area contributed by atoms with Gasteiger partial charge in [-0.2, -0.15) is 5.10 Å².